The first-order chi connectivity index (χ1) is 15.0. The fourth-order valence-corrected chi connectivity index (χ4v) is 4.11. The summed E-state index contributed by atoms with van der Waals surface area (Å²) in [6, 6.07) is 23.5. The van der Waals surface area contributed by atoms with E-state index in [4.69, 9.17) is 0 Å². The molecule has 0 bridgehead atoms. The average molecular weight is 417 g/mol. The molecule has 1 N–H and O–H groups in total. The molecule has 6 nitrogen and oxygen atoms in total. The Morgan fingerprint density at radius 2 is 1.61 bits per heavy atom. The van der Waals surface area contributed by atoms with Crippen molar-refractivity contribution in [2.45, 2.75) is 13.0 Å². The monoisotopic (exact) mass is 416 g/mol. The van der Waals surface area contributed by atoms with Crippen LogP contribution in [0.5, 0.6) is 0 Å². The van der Waals surface area contributed by atoms with Gasteiger partial charge in [0.05, 0.1) is 11.0 Å². The summed E-state index contributed by atoms with van der Waals surface area (Å²) in [7, 11) is 2.12. The number of aryl methyl sites for hydroxylation is 1. The van der Waals surface area contributed by atoms with Crippen molar-refractivity contribution in [2.75, 3.05) is 43.4 Å². The number of benzene rings is 3. The van der Waals surface area contributed by atoms with E-state index in [-0.39, 0.29) is 16.7 Å². The molecule has 1 atom stereocenters. The van der Waals surface area contributed by atoms with Crippen LogP contribution in [0.25, 0.3) is 0 Å². The van der Waals surface area contributed by atoms with E-state index in [2.05, 4.69) is 53.4 Å². The molecule has 4 rings (SSSR count). The number of hydrogen-bond acceptors (Lipinski definition) is 5. The standard InChI is InChI=1S/C25H28N4O2/c1-19-8-6-7-11-22(19)25(20-9-4-3-5-10-20)26-23-18-21(12-13-24(23)29(30)31)28-16-14-27(2)15-17-28/h3-13,18,25-26H,14-17H2,1-2H3. The molecule has 1 unspecified atom stereocenters. The van der Waals surface area contributed by atoms with E-state index in [0.29, 0.717) is 5.69 Å². The number of nitrogens with zero attached hydrogens (tertiary/aromatic N) is 3. The highest BCUT2D eigenvalue weighted by atomic mass is 16.6. The molecule has 6 heteroatoms. The number of anilines is 2. The van der Waals surface area contributed by atoms with Crippen molar-refractivity contribution in [3.05, 3.63) is 99.6 Å². The summed E-state index contributed by atoms with van der Waals surface area (Å²) in [5, 5.41) is 15.3. The van der Waals surface area contributed by atoms with Crippen molar-refractivity contribution in [1.82, 2.24) is 4.90 Å². The van der Waals surface area contributed by atoms with Gasteiger partial charge in [0.2, 0.25) is 0 Å². The van der Waals surface area contributed by atoms with Crippen molar-refractivity contribution >= 4 is 17.1 Å². The molecule has 1 fully saturated rings. The first-order valence-electron chi connectivity index (χ1n) is 10.6. The fourth-order valence-electron chi connectivity index (χ4n) is 4.11. The van der Waals surface area contributed by atoms with Gasteiger partial charge in [0.1, 0.15) is 5.69 Å². The lowest BCUT2D eigenvalue weighted by Gasteiger charge is -2.34. The Labute approximate surface area is 183 Å². The minimum atomic E-state index is -0.310. The molecule has 31 heavy (non-hydrogen) atoms. The third kappa shape index (κ3) is 4.70. The van der Waals surface area contributed by atoms with Crippen molar-refractivity contribution in [1.29, 1.82) is 0 Å². The van der Waals surface area contributed by atoms with Crippen LogP contribution in [0, 0.1) is 17.0 Å². The number of likely N-dealkylation sites (N-methyl/N-ethyl adjacent to an activating group) is 1. The third-order valence-electron chi connectivity index (χ3n) is 5.98. The van der Waals surface area contributed by atoms with Crippen molar-refractivity contribution in [2.24, 2.45) is 0 Å². The summed E-state index contributed by atoms with van der Waals surface area (Å²) < 4.78 is 0. The van der Waals surface area contributed by atoms with Crippen LogP contribution < -0.4 is 10.2 Å². The molecule has 160 valence electrons. The molecule has 1 aliphatic heterocycles. The van der Waals surface area contributed by atoms with E-state index < -0.39 is 0 Å². The number of nitro groups is 1. The minimum absolute atomic E-state index is 0.0902. The number of nitro benzene ring substituents is 1. The van der Waals surface area contributed by atoms with Crippen LogP contribution in [0.4, 0.5) is 17.1 Å². The second-order valence-electron chi connectivity index (χ2n) is 8.09. The molecule has 1 saturated heterocycles. The number of hydrogen-bond donors (Lipinski definition) is 1. The topological polar surface area (TPSA) is 61.6 Å². The summed E-state index contributed by atoms with van der Waals surface area (Å²) in [4.78, 5) is 16.1. The number of piperazine rings is 1. The Kier molecular flexibility index (Phi) is 6.18. The first kappa shape index (κ1) is 20.9. The van der Waals surface area contributed by atoms with Gasteiger partial charge in [-0.2, -0.15) is 0 Å². The first-order valence-corrected chi connectivity index (χ1v) is 10.6. The van der Waals surface area contributed by atoms with Gasteiger partial charge in [-0.05, 0) is 42.8 Å². The lowest BCUT2D eigenvalue weighted by atomic mass is 9.94. The zero-order valence-electron chi connectivity index (χ0n) is 18.0. The molecule has 0 amide bonds. The molecule has 3 aromatic rings. The van der Waals surface area contributed by atoms with Gasteiger partial charge in [-0.1, -0.05) is 54.6 Å². The summed E-state index contributed by atoms with van der Waals surface area (Å²) in [6.07, 6.45) is 0. The van der Waals surface area contributed by atoms with Gasteiger partial charge >= 0.3 is 0 Å². The van der Waals surface area contributed by atoms with Gasteiger partial charge < -0.3 is 15.1 Å². The second kappa shape index (κ2) is 9.18. The lowest BCUT2D eigenvalue weighted by Crippen LogP contribution is -2.44. The number of nitrogens with one attached hydrogen (secondary N) is 1. The zero-order valence-corrected chi connectivity index (χ0v) is 18.0. The Bertz CT molecular complexity index is 1050. The van der Waals surface area contributed by atoms with Crippen LogP contribution in [-0.4, -0.2) is 43.0 Å². The van der Waals surface area contributed by atoms with Gasteiger partial charge in [0.15, 0.2) is 0 Å². The van der Waals surface area contributed by atoms with Crippen LogP contribution in [0.15, 0.2) is 72.8 Å². The summed E-state index contributed by atoms with van der Waals surface area (Å²) >= 11 is 0. The van der Waals surface area contributed by atoms with Gasteiger partial charge in [0, 0.05) is 37.9 Å². The Balaban J connectivity index is 1.74. The smallest absolute Gasteiger partial charge is 0.292 e. The average Bonchev–Trinajstić information content (AvgIpc) is 2.79. The van der Waals surface area contributed by atoms with Gasteiger partial charge in [-0.3, -0.25) is 10.1 Å². The number of rotatable bonds is 6. The fraction of sp³-hybridized carbons (Fsp3) is 0.280. The molecular formula is C25H28N4O2. The highest BCUT2D eigenvalue weighted by molar-refractivity contribution is 5.70. The van der Waals surface area contributed by atoms with E-state index in [0.717, 1.165) is 48.6 Å². The van der Waals surface area contributed by atoms with Gasteiger partial charge in [-0.25, -0.2) is 0 Å². The predicted molar refractivity (Wildman–Crippen MR) is 126 cm³/mol. The van der Waals surface area contributed by atoms with E-state index in [1.807, 2.05) is 42.5 Å². The van der Waals surface area contributed by atoms with E-state index >= 15 is 0 Å². The molecule has 0 aliphatic carbocycles. The van der Waals surface area contributed by atoms with Crippen molar-refractivity contribution in [3.8, 4) is 0 Å². The van der Waals surface area contributed by atoms with Gasteiger partial charge in [-0.15, -0.1) is 0 Å². The Hall–Kier alpha value is -3.38. The Morgan fingerprint density at radius 3 is 2.29 bits per heavy atom. The maximum absolute atomic E-state index is 11.8. The largest absolute Gasteiger partial charge is 0.369 e. The molecule has 3 aromatic carbocycles. The minimum Gasteiger partial charge on any atom is -0.369 e. The molecule has 0 saturated carbocycles. The highest BCUT2D eigenvalue weighted by Gasteiger charge is 2.23. The van der Waals surface area contributed by atoms with Crippen LogP contribution in [0.2, 0.25) is 0 Å². The van der Waals surface area contributed by atoms with Crippen LogP contribution in [-0.2, 0) is 0 Å². The normalized spacial score (nSPS) is 15.5. The van der Waals surface area contributed by atoms with Crippen molar-refractivity contribution in [3.63, 3.8) is 0 Å². The third-order valence-corrected chi connectivity index (χ3v) is 5.98. The molecule has 0 radical (unpaired) electrons. The zero-order chi connectivity index (χ0) is 21.8. The van der Waals surface area contributed by atoms with Crippen LogP contribution >= 0.6 is 0 Å². The molecule has 0 aromatic heterocycles. The second-order valence-corrected chi connectivity index (χ2v) is 8.09. The summed E-state index contributed by atoms with van der Waals surface area (Å²) in [5.41, 5.74) is 4.95. The van der Waals surface area contributed by atoms with Crippen LogP contribution in [0.3, 0.4) is 0 Å². The molecule has 1 aliphatic rings. The van der Waals surface area contributed by atoms with E-state index in [1.165, 1.54) is 0 Å². The summed E-state index contributed by atoms with van der Waals surface area (Å²) in [5.74, 6) is 0. The summed E-state index contributed by atoms with van der Waals surface area (Å²) in [6.45, 7) is 5.86. The Morgan fingerprint density at radius 1 is 0.935 bits per heavy atom. The maximum Gasteiger partial charge on any atom is 0.292 e. The van der Waals surface area contributed by atoms with Gasteiger partial charge in [0.25, 0.3) is 5.69 Å². The predicted octanol–water partition coefficient (Wildman–Crippen LogP) is 4.86. The quantitative estimate of drug-likeness (QED) is 0.459. The molecule has 0 spiro atoms. The molecule has 1 heterocycles. The SMILES string of the molecule is Cc1ccccc1C(Nc1cc(N2CCN(C)CC2)ccc1[N+](=O)[O-])c1ccccc1. The van der Waals surface area contributed by atoms with Crippen molar-refractivity contribution < 1.29 is 4.92 Å². The van der Waals surface area contributed by atoms with E-state index in [9.17, 15) is 10.1 Å². The maximum atomic E-state index is 11.8. The van der Waals surface area contributed by atoms with E-state index in [1.54, 1.807) is 6.07 Å². The lowest BCUT2D eigenvalue weighted by molar-refractivity contribution is -0.384. The highest BCUT2D eigenvalue weighted by Crippen LogP contribution is 2.35. The van der Waals surface area contributed by atoms with Crippen LogP contribution in [0.1, 0.15) is 22.7 Å². The molecular weight excluding hydrogens is 388 g/mol.